The molecule has 0 bridgehead atoms. The van der Waals surface area contributed by atoms with Crippen molar-refractivity contribution in [2.75, 3.05) is 13.1 Å². The Hall–Kier alpha value is -0.570. The topological polar surface area (TPSA) is 60.9 Å². The zero-order chi connectivity index (χ0) is 3.54. The maximum atomic E-state index is 3.85. The summed E-state index contributed by atoms with van der Waals surface area (Å²) in [5, 5.41) is 2.93. The van der Waals surface area contributed by atoms with Crippen molar-refractivity contribution in [1.29, 1.82) is 0 Å². The van der Waals surface area contributed by atoms with Crippen LogP contribution in [0.2, 0.25) is 0 Å². The van der Waals surface area contributed by atoms with Crippen LogP contribution in [0.5, 0.6) is 0 Å². The lowest BCUT2D eigenvalue weighted by Crippen LogP contribution is -2.04. The summed E-state index contributed by atoms with van der Waals surface area (Å²) >= 11 is 0. The summed E-state index contributed by atoms with van der Waals surface area (Å²) < 4.78 is 0. The Labute approximate surface area is 37.0 Å². The summed E-state index contributed by atoms with van der Waals surface area (Å²) in [5.74, 6) is 0. The molecule has 0 spiro atoms. The van der Waals surface area contributed by atoms with Crippen LogP contribution in [-0.2, 0) is 0 Å². The zero-order valence-electron chi connectivity index (χ0n) is 3.94. The van der Waals surface area contributed by atoms with Gasteiger partial charge in [0.2, 0.25) is 0 Å². The Morgan fingerprint density at radius 3 is 2.67 bits per heavy atom. The summed E-state index contributed by atoms with van der Waals surface area (Å²) in [6.07, 6.45) is 1.74. The number of rotatable bonds is 0. The molecule has 0 atom stereocenters. The van der Waals surface area contributed by atoms with Gasteiger partial charge in [-0.2, -0.15) is 0 Å². The summed E-state index contributed by atoms with van der Waals surface area (Å²) in [7, 11) is 0. The summed E-state index contributed by atoms with van der Waals surface area (Å²) in [6.45, 7) is 1.99. The molecule has 0 aromatic heterocycles. The predicted octanol–water partition coefficient (Wildman–Crippen LogP) is -0.00590. The Balaban J connectivity index is 0.000000250. The van der Waals surface area contributed by atoms with E-state index in [0.717, 1.165) is 13.1 Å². The van der Waals surface area contributed by atoms with Gasteiger partial charge in [-0.25, -0.2) is 0 Å². The molecule has 0 aromatic carbocycles. The molecule has 5 N–H and O–H groups in total. The first-order chi connectivity index (χ1) is 2.50. The van der Waals surface area contributed by atoms with Crippen LogP contribution >= 0.6 is 0 Å². The number of nitrogens with zero attached hydrogens (tertiary/aromatic N) is 1. The van der Waals surface area contributed by atoms with E-state index in [1.807, 2.05) is 0 Å². The van der Waals surface area contributed by atoms with Crippen LogP contribution in [0.15, 0.2) is 4.99 Å². The number of hydrogen-bond acceptors (Lipinski definition) is 2. The van der Waals surface area contributed by atoms with Crippen LogP contribution in [0.3, 0.4) is 0 Å². The van der Waals surface area contributed by atoms with Gasteiger partial charge in [-0.3, -0.25) is 4.99 Å². The van der Waals surface area contributed by atoms with Gasteiger partial charge >= 0.3 is 0 Å². The lowest BCUT2D eigenvalue weighted by molar-refractivity contribution is 0.965. The molecule has 3 nitrogen and oxygen atoms in total. The third kappa shape index (κ3) is 1.03. The van der Waals surface area contributed by atoms with Crippen molar-refractivity contribution >= 4 is 6.34 Å². The van der Waals surface area contributed by atoms with E-state index in [1.165, 1.54) is 0 Å². The van der Waals surface area contributed by atoms with Crippen LogP contribution in [-0.4, -0.2) is 19.4 Å². The lowest BCUT2D eigenvalue weighted by Gasteiger charge is -1.75. The molecule has 1 rings (SSSR count). The molecule has 0 aliphatic carbocycles. The fourth-order valence-electron chi connectivity index (χ4n) is 0.323. The van der Waals surface area contributed by atoms with E-state index >= 15 is 0 Å². The van der Waals surface area contributed by atoms with Crippen LogP contribution < -0.4 is 11.5 Å². The second-order valence-corrected chi connectivity index (χ2v) is 0.989. The maximum Gasteiger partial charge on any atom is 0.0825 e. The molecule has 36 valence electrons. The van der Waals surface area contributed by atoms with Crippen molar-refractivity contribution in [3.63, 3.8) is 0 Å². The molecule has 1 aliphatic rings. The number of hydrogen-bond donors (Lipinski definition) is 2. The molecule has 1 aliphatic heterocycles. The highest BCUT2D eigenvalue weighted by molar-refractivity contribution is 5.56. The van der Waals surface area contributed by atoms with Crippen LogP contribution in [0, 0.1) is 0 Å². The van der Waals surface area contributed by atoms with E-state index in [1.54, 1.807) is 6.34 Å². The van der Waals surface area contributed by atoms with Gasteiger partial charge in [0.15, 0.2) is 0 Å². The van der Waals surface area contributed by atoms with E-state index < -0.39 is 0 Å². The molecular formula is C3H10N3+. The van der Waals surface area contributed by atoms with E-state index in [9.17, 15) is 0 Å². The molecule has 3 heteroatoms. The van der Waals surface area contributed by atoms with Gasteiger partial charge in [-0.1, -0.05) is 0 Å². The normalized spacial score (nSPS) is 16.0. The first-order valence-electron chi connectivity index (χ1n) is 1.72. The van der Waals surface area contributed by atoms with Crippen LogP contribution in [0.25, 0.3) is 0 Å². The second-order valence-electron chi connectivity index (χ2n) is 0.989. The SMILES string of the molecule is C1=NCCN1.[NH4+]. The molecule has 0 saturated heterocycles. The molecule has 0 unspecified atom stereocenters. The molecule has 0 aromatic rings. The highest BCUT2D eigenvalue weighted by Crippen LogP contribution is 1.68. The van der Waals surface area contributed by atoms with Gasteiger partial charge in [-0.15, -0.1) is 0 Å². The minimum absolute atomic E-state index is 0. The summed E-state index contributed by atoms with van der Waals surface area (Å²) in [5.41, 5.74) is 0. The minimum Gasteiger partial charge on any atom is -0.375 e. The fourth-order valence-corrected chi connectivity index (χ4v) is 0.323. The largest absolute Gasteiger partial charge is 0.375 e. The smallest absolute Gasteiger partial charge is 0.0825 e. The second kappa shape index (κ2) is 2.66. The zero-order valence-corrected chi connectivity index (χ0v) is 3.94. The fraction of sp³-hybridized carbons (Fsp3) is 0.667. The standard InChI is InChI=1S/C3H6N2.H3N/c1-2-5-3-4-1;/h3H,1-2H2,(H,4,5);1H3/p+1. The first kappa shape index (κ1) is 5.43. The lowest BCUT2D eigenvalue weighted by atomic mass is 10.7. The van der Waals surface area contributed by atoms with E-state index in [2.05, 4.69) is 10.3 Å². The third-order valence-electron chi connectivity index (χ3n) is 0.568. The van der Waals surface area contributed by atoms with E-state index in [0.29, 0.717) is 0 Å². The maximum absolute atomic E-state index is 3.85. The van der Waals surface area contributed by atoms with Crippen molar-refractivity contribution in [3.05, 3.63) is 0 Å². The molecule has 1 heterocycles. The monoisotopic (exact) mass is 88.1 g/mol. The number of quaternary nitrogens is 1. The van der Waals surface area contributed by atoms with Crippen LogP contribution in [0.4, 0.5) is 0 Å². The molecule has 0 fully saturated rings. The van der Waals surface area contributed by atoms with Crippen LogP contribution in [0.1, 0.15) is 0 Å². The van der Waals surface area contributed by atoms with Gasteiger partial charge in [0, 0.05) is 6.54 Å². The van der Waals surface area contributed by atoms with Gasteiger partial charge in [0.1, 0.15) is 0 Å². The molecule has 0 radical (unpaired) electrons. The van der Waals surface area contributed by atoms with Crippen molar-refractivity contribution in [2.24, 2.45) is 4.99 Å². The molecule has 0 saturated carbocycles. The minimum atomic E-state index is 0. The molecular weight excluding hydrogens is 78.1 g/mol. The van der Waals surface area contributed by atoms with Crippen molar-refractivity contribution in [2.45, 2.75) is 0 Å². The van der Waals surface area contributed by atoms with Gasteiger partial charge in [-0.05, 0) is 0 Å². The Bertz CT molecular complexity index is 44.0. The van der Waals surface area contributed by atoms with Crippen molar-refractivity contribution in [3.8, 4) is 0 Å². The Kier molecular flexibility index (Phi) is 2.40. The van der Waals surface area contributed by atoms with Crippen molar-refractivity contribution in [1.82, 2.24) is 11.5 Å². The van der Waals surface area contributed by atoms with E-state index in [4.69, 9.17) is 0 Å². The van der Waals surface area contributed by atoms with Gasteiger partial charge in [0.05, 0.1) is 12.9 Å². The average Bonchev–Trinajstić information content (AvgIpc) is 1.76. The third-order valence-corrected chi connectivity index (χ3v) is 0.568. The Morgan fingerprint density at radius 2 is 2.50 bits per heavy atom. The van der Waals surface area contributed by atoms with Crippen molar-refractivity contribution < 1.29 is 0 Å². The highest BCUT2D eigenvalue weighted by atomic mass is 15.0. The van der Waals surface area contributed by atoms with Gasteiger partial charge in [0.25, 0.3) is 0 Å². The van der Waals surface area contributed by atoms with Gasteiger partial charge < -0.3 is 11.5 Å². The molecule has 6 heavy (non-hydrogen) atoms. The quantitative estimate of drug-likeness (QED) is 0.430. The summed E-state index contributed by atoms with van der Waals surface area (Å²) in [4.78, 5) is 3.85. The highest BCUT2D eigenvalue weighted by Gasteiger charge is 1.82. The predicted molar refractivity (Wildman–Crippen MR) is 27.3 cm³/mol. The average molecular weight is 88.1 g/mol. The Morgan fingerprint density at radius 1 is 1.67 bits per heavy atom. The number of aliphatic imine (C=N–C) groups is 1. The first-order valence-corrected chi connectivity index (χ1v) is 1.72. The number of nitrogens with one attached hydrogen (secondary N) is 1. The van der Waals surface area contributed by atoms with E-state index in [-0.39, 0.29) is 6.15 Å². The molecule has 0 amide bonds. The summed E-state index contributed by atoms with van der Waals surface area (Å²) in [6, 6.07) is 0.